The lowest BCUT2D eigenvalue weighted by molar-refractivity contribution is -0.158. The summed E-state index contributed by atoms with van der Waals surface area (Å²) in [5.74, 6) is -1.98. The third-order valence-electron chi connectivity index (χ3n) is 3.90. The fourth-order valence-corrected chi connectivity index (χ4v) is 2.85. The highest BCUT2D eigenvalue weighted by Gasteiger charge is 2.57. The highest BCUT2D eigenvalue weighted by molar-refractivity contribution is 6.14. The summed E-state index contributed by atoms with van der Waals surface area (Å²) in [6, 6.07) is 9.23. The van der Waals surface area contributed by atoms with Crippen LogP contribution < -0.4 is 0 Å². The minimum absolute atomic E-state index is 0.197. The Morgan fingerprint density at radius 1 is 1.35 bits per heavy atom. The van der Waals surface area contributed by atoms with Crippen LogP contribution in [0.4, 0.5) is 0 Å². The summed E-state index contributed by atoms with van der Waals surface area (Å²) in [5.41, 5.74) is -0.0689. The number of aliphatic hydroxyl groups excluding tert-OH is 1. The molecular weight excluding hydrogens is 256 g/mol. The van der Waals surface area contributed by atoms with E-state index >= 15 is 0 Å². The molecule has 0 spiro atoms. The molecule has 106 valence electrons. The second-order valence-corrected chi connectivity index (χ2v) is 5.13. The lowest BCUT2D eigenvalue weighted by Crippen LogP contribution is -2.40. The van der Waals surface area contributed by atoms with E-state index in [0.717, 1.165) is 5.56 Å². The van der Waals surface area contributed by atoms with Crippen LogP contribution in [-0.4, -0.2) is 23.5 Å². The average molecular weight is 274 g/mol. The van der Waals surface area contributed by atoms with Gasteiger partial charge in [0, 0.05) is 5.92 Å². The van der Waals surface area contributed by atoms with E-state index in [1.807, 2.05) is 30.3 Å². The molecule has 1 aliphatic carbocycles. The summed E-state index contributed by atoms with van der Waals surface area (Å²) >= 11 is 0. The molecule has 1 aromatic carbocycles. The van der Waals surface area contributed by atoms with Gasteiger partial charge in [-0.3, -0.25) is 9.59 Å². The molecule has 1 aliphatic rings. The van der Waals surface area contributed by atoms with Crippen molar-refractivity contribution in [3.63, 3.8) is 0 Å². The van der Waals surface area contributed by atoms with Gasteiger partial charge in [-0.2, -0.15) is 0 Å². The minimum Gasteiger partial charge on any atom is -0.504 e. The molecule has 0 amide bonds. The van der Waals surface area contributed by atoms with Gasteiger partial charge in [0.15, 0.2) is 5.76 Å². The first-order chi connectivity index (χ1) is 9.44. The monoisotopic (exact) mass is 274 g/mol. The minimum atomic E-state index is -1.40. The number of esters is 1. The van der Waals surface area contributed by atoms with Crippen molar-refractivity contribution in [1.29, 1.82) is 0 Å². The van der Waals surface area contributed by atoms with Crippen molar-refractivity contribution < 1.29 is 19.4 Å². The van der Waals surface area contributed by atoms with Crippen LogP contribution >= 0.6 is 0 Å². The summed E-state index contributed by atoms with van der Waals surface area (Å²) < 4.78 is 5.05. The van der Waals surface area contributed by atoms with Crippen LogP contribution in [0.5, 0.6) is 0 Å². The van der Waals surface area contributed by atoms with Gasteiger partial charge < -0.3 is 9.84 Å². The highest BCUT2D eigenvalue weighted by atomic mass is 16.5. The SMILES string of the molecule is CCOC(=O)[C@]1(C)C(=O)C(O)=C(C)[C@@H]1c1ccccc1. The molecule has 1 N–H and O–H groups in total. The van der Waals surface area contributed by atoms with Crippen LogP contribution in [0.25, 0.3) is 0 Å². The van der Waals surface area contributed by atoms with E-state index in [-0.39, 0.29) is 12.4 Å². The number of ether oxygens (including phenoxy) is 1. The van der Waals surface area contributed by atoms with Gasteiger partial charge in [-0.15, -0.1) is 0 Å². The first-order valence-corrected chi connectivity index (χ1v) is 6.61. The largest absolute Gasteiger partial charge is 0.504 e. The zero-order valence-electron chi connectivity index (χ0n) is 11.8. The number of carbonyl (C=O) groups excluding carboxylic acids is 2. The van der Waals surface area contributed by atoms with Gasteiger partial charge >= 0.3 is 5.97 Å². The lowest BCUT2D eigenvalue weighted by atomic mass is 9.72. The quantitative estimate of drug-likeness (QED) is 0.680. The van der Waals surface area contributed by atoms with Gasteiger partial charge in [0.2, 0.25) is 5.78 Å². The Bertz CT molecular complexity index is 573. The fraction of sp³-hybridized carbons (Fsp3) is 0.375. The van der Waals surface area contributed by atoms with Crippen LogP contribution in [0.2, 0.25) is 0 Å². The Hall–Kier alpha value is -2.10. The molecular formula is C16H18O4. The summed E-state index contributed by atoms with van der Waals surface area (Å²) in [4.78, 5) is 24.6. The molecule has 2 rings (SSSR count). The van der Waals surface area contributed by atoms with Crippen molar-refractivity contribution in [3.05, 3.63) is 47.2 Å². The van der Waals surface area contributed by atoms with Crippen molar-refractivity contribution in [2.24, 2.45) is 5.41 Å². The van der Waals surface area contributed by atoms with Gasteiger partial charge in [0.1, 0.15) is 5.41 Å². The first-order valence-electron chi connectivity index (χ1n) is 6.61. The van der Waals surface area contributed by atoms with Gasteiger partial charge in [-0.1, -0.05) is 30.3 Å². The van der Waals surface area contributed by atoms with Crippen molar-refractivity contribution in [2.45, 2.75) is 26.7 Å². The Balaban J connectivity index is 2.55. The zero-order valence-corrected chi connectivity index (χ0v) is 11.8. The molecule has 0 aliphatic heterocycles. The van der Waals surface area contributed by atoms with E-state index in [9.17, 15) is 14.7 Å². The van der Waals surface area contributed by atoms with Crippen LogP contribution in [0.1, 0.15) is 32.3 Å². The predicted octanol–water partition coefficient (Wildman–Crippen LogP) is 2.75. The van der Waals surface area contributed by atoms with Crippen LogP contribution in [0, 0.1) is 5.41 Å². The number of ketones is 1. The number of allylic oxidation sites excluding steroid dienone is 2. The summed E-state index contributed by atoms with van der Waals surface area (Å²) in [5, 5.41) is 9.97. The van der Waals surface area contributed by atoms with Crippen LogP contribution in [-0.2, 0) is 14.3 Å². The van der Waals surface area contributed by atoms with Gasteiger partial charge in [-0.25, -0.2) is 0 Å². The van der Waals surface area contributed by atoms with Crippen molar-refractivity contribution in [2.75, 3.05) is 6.61 Å². The topological polar surface area (TPSA) is 63.6 Å². The third kappa shape index (κ3) is 1.92. The smallest absolute Gasteiger partial charge is 0.320 e. The van der Waals surface area contributed by atoms with Gasteiger partial charge in [-0.05, 0) is 31.9 Å². The molecule has 2 atom stereocenters. The lowest BCUT2D eigenvalue weighted by Gasteiger charge is -2.28. The number of rotatable bonds is 3. The standard InChI is InChI=1S/C16H18O4/c1-4-20-15(19)16(3)12(10(2)13(17)14(16)18)11-8-6-5-7-9-11/h5-9,12,17H,4H2,1-3H3/t12-,16+/m1/s1. The number of benzene rings is 1. The fourth-order valence-electron chi connectivity index (χ4n) is 2.85. The zero-order chi connectivity index (χ0) is 14.9. The second-order valence-electron chi connectivity index (χ2n) is 5.13. The van der Waals surface area contributed by atoms with E-state index in [4.69, 9.17) is 4.74 Å². The number of aliphatic hydroxyl groups is 1. The van der Waals surface area contributed by atoms with Crippen molar-refractivity contribution >= 4 is 11.8 Å². The molecule has 0 bridgehead atoms. The first kappa shape index (κ1) is 14.3. The maximum absolute atomic E-state index is 12.3. The number of hydrogen-bond acceptors (Lipinski definition) is 4. The van der Waals surface area contributed by atoms with E-state index in [0.29, 0.717) is 5.57 Å². The molecule has 0 heterocycles. The molecule has 4 heteroatoms. The van der Waals surface area contributed by atoms with E-state index in [2.05, 4.69) is 0 Å². The summed E-state index contributed by atoms with van der Waals surface area (Å²) in [6.45, 7) is 5.11. The Morgan fingerprint density at radius 3 is 2.50 bits per heavy atom. The van der Waals surface area contributed by atoms with Crippen LogP contribution in [0.15, 0.2) is 41.7 Å². The van der Waals surface area contributed by atoms with Crippen molar-refractivity contribution in [3.8, 4) is 0 Å². The molecule has 0 radical (unpaired) electrons. The molecule has 1 aromatic rings. The normalized spacial score (nSPS) is 25.9. The maximum Gasteiger partial charge on any atom is 0.320 e. The molecule has 0 unspecified atom stereocenters. The Kier molecular flexibility index (Phi) is 3.66. The maximum atomic E-state index is 12.3. The van der Waals surface area contributed by atoms with Crippen molar-refractivity contribution in [1.82, 2.24) is 0 Å². The van der Waals surface area contributed by atoms with E-state index in [1.165, 1.54) is 6.92 Å². The van der Waals surface area contributed by atoms with Gasteiger partial charge in [0.25, 0.3) is 0 Å². The summed E-state index contributed by atoms with van der Waals surface area (Å²) in [7, 11) is 0. The van der Waals surface area contributed by atoms with E-state index < -0.39 is 23.1 Å². The number of carbonyl (C=O) groups is 2. The molecule has 0 fully saturated rings. The second kappa shape index (κ2) is 5.12. The Morgan fingerprint density at radius 2 is 1.95 bits per heavy atom. The molecule has 0 saturated carbocycles. The van der Waals surface area contributed by atoms with E-state index in [1.54, 1.807) is 13.8 Å². The number of hydrogen-bond donors (Lipinski definition) is 1. The number of Topliss-reactive ketones (excluding diaryl/α,β-unsaturated/α-hetero) is 1. The third-order valence-corrected chi connectivity index (χ3v) is 3.90. The van der Waals surface area contributed by atoms with Crippen LogP contribution in [0.3, 0.4) is 0 Å². The molecule has 0 saturated heterocycles. The summed E-state index contributed by atoms with van der Waals surface area (Å²) in [6.07, 6.45) is 0. The predicted molar refractivity (Wildman–Crippen MR) is 74.3 cm³/mol. The van der Waals surface area contributed by atoms with Gasteiger partial charge in [0.05, 0.1) is 6.61 Å². The Labute approximate surface area is 118 Å². The molecule has 20 heavy (non-hydrogen) atoms. The molecule has 4 nitrogen and oxygen atoms in total. The molecule has 0 aromatic heterocycles. The highest BCUT2D eigenvalue weighted by Crippen LogP contribution is 2.50. The average Bonchev–Trinajstić information content (AvgIpc) is 2.62.